The van der Waals surface area contributed by atoms with Gasteiger partial charge in [-0.2, -0.15) is 0 Å². The Balaban J connectivity index is 2.40. The molecule has 1 aliphatic carbocycles. The van der Waals surface area contributed by atoms with Crippen LogP contribution in [0.3, 0.4) is 0 Å². The molecule has 0 aromatic rings. The Morgan fingerprint density at radius 2 is 1.62 bits per heavy atom. The topological polar surface area (TPSA) is 44.8 Å². The van der Waals surface area contributed by atoms with Crippen LogP contribution >= 0.6 is 7.82 Å². The summed E-state index contributed by atoms with van der Waals surface area (Å²) < 4.78 is 44.1. The monoisotopic (exact) mass is 216 g/mol. The Bertz CT molecular complexity index is 187. The van der Waals surface area contributed by atoms with Crippen molar-refractivity contribution in [3.05, 3.63) is 0 Å². The van der Waals surface area contributed by atoms with Gasteiger partial charge >= 0.3 is 7.82 Å². The van der Waals surface area contributed by atoms with Crippen LogP contribution in [0.4, 0.5) is 9.05 Å². The van der Waals surface area contributed by atoms with Crippen molar-refractivity contribution in [2.24, 2.45) is 0 Å². The maximum Gasteiger partial charge on any atom is 0.537 e. The molecule has 0 saturated heterocycles. The minimum absolute atomic E-state index is 0.439. The summed E-state index contributed by atoms with van der Waals surface area (Å²) in [6, 6.07) is 0. The van der Waals surface area contributed by atoms with E-state index in [9.17, 15) is 13.6 Å². The number of rotatable bonds is 4. The molecule has 0 N–H and O–H groups in total. The minimum Gasteiger partial charge on any atom is -0.280 e. The molecule has 0 aliphatic heterocycles. The van der Waals surface area contributed by atoms with E-state index in [2.05, 4.69) is 14.0 Å². The lowest BCUT2D eigenvalue weighted by Crippen LogP contribution is -2.15. The lowest BCUT2D eigenvalue weighted by Gasteiger charge is -2.22. The van der Waals surface area contributed by atoms with E-state index in [1.54, 1.807) is 0 Å². The van der Waals surface area contributed by atoms with E-state index < -0.39 is 13.9 Å². The average Bonchev–Trinajstić information content (AvgIpc) is 2.19. The second-order valence-electron chi connectivity index (χ2n) is 2.95. The van der Waals surface area contributed by atoms with Crippen molar-refractivity contribution in [3.8, 4) is 0 Å². The number of hydrogen-bond acceptors (Lipinski definition) is 4. The Morgan fingerprint density at radius 1 is 1.08 bits per heavy atom. The summed E-state index contributed by atoms with van der Waals surface area (Å²) in [5.41, 5.74) is 0. The van der Waals surface area contributed by atoms with E-state index >= 15 is 0 Å². The zero-order valence-corrected chi connectivity index (χ0v) is 7.84. The first kappa shape index (κ1) is 11.0. The molecule has 7 heteroatoms. The number of halogens is 2. The maximum absolute atomic E-state index is 11.5. The molecule has 1 saturated carbocycles. The SMILES string of the molecule is O=P(OF)(OF)OC1CCCCC1. The summed E-state index contributed by atoms with van der Waals surface area (Å²) in [6.07, 6.45) is 3.64. The highest BCUT2D eigenvalue weighted by molar-refractivity contribution is 7.48. The summed E-state index contributed by atoms with van der Waals surface area (Å²) >= 11 is 0. The normalized spacial score (nSPS) is 20.5. The smallest absolute Gasteiger partial charge is 0.280 e. The fraction of sp³-hybridized carbons (Fsp3) is 1.00. The molecule has 0 heterocycles. The van der Waals surface area contributed by atoms with E-state index in [0.29, 0.717) is 12.8 Å². The van der Waals surface area contributed by atoms with Crippen molar-refractivity contribution in [2.75, 3.05) is 0 Å². The van der Waals surface area contributed by atoms with Crippen molar-refractivity contribution in [1.82, 2.24) is 0 Å². The molecule has 0 aromatic heterocycles. The molecule has 0 atom stereocenters. The summed E-state index contributed by atoms with van der Waals surface area (Å²) in [7, 11) is -4.58. The maximum atomic E-state index is 11.5. The largest absolute Gasteiger partial charge is 0.537 e. The lowest BCUT2D eigenvalue weighted by atomic mass is 9.98. The van der Waals surface area contributed by atoms with E-state index in [0.717, 1.165) is 19.3 Å². The predicted molar refractivity (Wildman–Crippen MR) is 40.0 cm³/mol. The van der Waals surface area contributed by atoms with E-state index in [1.165, 1.54) is 0 Å². The van der Waals surface area contributed by atoms with E-state index in [4.69, 9.17) is 0 Å². The molecule has 0 amide bonds. The molecule has 13 heavy (non-hydrogen) atoms. The van der Waals surface area contributed by atoms with Gasteiger partial charge < -0.3 is 0 Å². The molecule has 1 fully saturated rings. The number of phosphoric acid groups is 1. The first-order valence-electron chi connectivity index (χ1n) is 4.09. The van der Waals surface area contributed by atoms with Gasteiger partial charge in [0.2, 0.25) is 0 Å². The third-order valence-corrected chi connectivity index (χ3v) is 2.89. The summed E-state index contributed by atoms with van der Waals surface area (Å²) in [5.74, 6) is 0. The van der Waals surface area contributed by atoms with Crippen LogP contribution in [-0.4, -0.2) is 6.10 Å². The van der Waals surface area contributed by atoms with Gasteiger partial charge in [0.25, 0.3) is 0 Å². The van der Waals surface area contributed by atoms with Crippen molar-refractivity contribution < 1.29 is 27.6 Å². The molecule has 0 spiro atoms. The van der Waals surface area contributed by atoms with Crippen LogP contribution in [0.2, 0.25) is 0 Å². The molecule has 1 aliphatic rings. The van der Waals surface area contributed by atoms with Crippen molar-refractivity contribution in [1.29, 1.82) is 0 Å². The van der Waals surface area contributed by atoms with Crippen LogP contribution in [0.1, 0.15) is 32.1 Å². The fourth-order valence-corrected chi connectivity index (χ4v) is 2.06. The Morgan fingerprint density at radius 3 is 2.08 bits per heavy atom. The standard InChI is InChI=1S/C6H11F2O4P/c7-11-13(9,12-8)10-6-4-2-1-3-5-6/h6H,1-5H2. The quantitative estimate of drug-likeness (QED) is 0.676. The third kappa shape index (κ3) is 3.31. The fourth-order valence-electron chi connectivity index (χ4n) is 1.40. The minimum atomic E-state index is -4.58. The van der Waals surface area contributed by atoms with Gasteiger partial charge in [-0.1, -0.05) is 28.7 Å². The van der Waals surface area contributed by atoms with Crippen LogP contribution in [-0.2, 0) is 18.5 Å². The molecule has 1 rings (SSSR count). The van der Waals surface area contributed by atoms with Crippen LogP contribution in [0.25, 0.3) is 0 Å². The van der Waals surface area contributed by atoms with Crippen molar-refractivity contribution >= 4 is 7.82 Å². The van der Waals surface area contributed by atoms with E-state index in [-0.39, 0.29) is 0 Å². The Kier molecular flexibility index (Phi) is 4.25. The van der Waals surface area contributed by atoms with Crippen LogP contribution < -0.4 is 0 Å². The average molecular weight is 216 g/mol. The molecule has 0 unspecified atom stereocenters. The van der Waals surface area contributed by atoms with Crippen LogP contribution in [0.15, 0.2) is 0 Å². The lowest BCUT2D eigenvalue weighted by molar-refractivity contribution is -0.126. The molecule has 4 nitrogen and oxygen atoms in total. The van der Waals surface area contributed by atoms with Gasteiger partial charge in [-0.3, -0.25) is 4.52 Å². The van der Waals surface area contributed by atoms with Crippen LogP contribution in [0, 0.1) is 0 Å². The molecular formula is C6H11F2O4P. The highest BCUT2D eigenvalue weighted by atomic mass is 31.2. The second kappa shape index (κ2) is 5.00. The van der Waals surface area contributed by atoms with Crippen LogP contribution in [0.5, 0.6) is 0 Å². The predicted octanol–water partition coefficient (Wildman–Crippen LogP) is 3.25. The summed E-state index contributed by atoms with van der Waals surface area (Å²) in [4.78, 5) is 0. The second-order valence-corrected chi connectivity index (χ2v) is 4.33. The zero-order chi connectivity index (χ0) is 9.73. The number of hydrogen-bond donors (Lipinski definition) is 0. The molecule has 0 bridgehead atoms. The van der Waals surface area contributed by atoms with E-state index in [1.807, 2.05) is 0 Å². The van der Waals surface area contributed by atoms with Gasteiger partial charge in [0.1, 0.15) is 0 Å². The van der Waals surface area contributed by atoms with Gasteiger partial charge in [0.05, 0.1) is 6.10 Å². The van der Waals surface area contributed by atoms with Gasteiger partial charge in [-0.15, -0.1) is 0 Å². The van der Waals surface area contributed by atoms with Gasteiger partial charge in [0, 0.05) is 0 Å². The molecule has 0 aromatic carbocycles. The molecular weight excluding hydrogens is 205 g/mol. The van der Waals surface area contributed by atoms with Gasteiger partial charge in [-0.05, 0) is 21.9 Å². The Hall–Kier alpha value is -0.0300. The third-order valence-electron chi connectivity index (χ3n) is 2.00. The Labute approximate surface area is 74.6 Å². The summed E-state index contributed by atoms with van der Waals surface area (Å²) in [5, 5.41) is 0. The van der Waals surface area contributed by atoms with Gasteiger partial charge in [-0.25, -0.2) is 4.57 Å². The van der Waals surface area contributed by atoms with Crippen molar-refractivity contribution in [2.45, 2.75) is 38.2 Å². The highest BCUT2D eigenvalue weighted by Crippen LogP contribution is 2.52. The van der Waals surface area contributed by atoms with Crippen molar-refractivity contribution in [3.63, 3.8) is 0 Å². The molecule has 78 valence electrons. The summed E-state index contributed by atoms with van der Waals surface area (Å²) in [6.45, 7) is 0. The first-order chi connectivity index (χ1) is 6.20. The first-order valence-corrected chi connectivity index (χ1v) is 5.55. The molecule has 0 radical (unpaired) electrons. The van der Waals surface area contributed by atoms with Gasteiger partial charge in [0.15, 0.2) is 0 Å². The highest BCUT2D eigenvalue weighted by Gasteiger charge is 2.34. The zero-order valence-electron chi connectivity index (χ0n) is 6.95.